The van der Waals surface area contributed by atoms with Crippen molar-refractivity contribution < 1.29 is 9.18 Å². The Balaban J connectivity index is 1.60. The predicted octanol–water partition coefficient (Wildman–Crippen LogP) is 5.38. The molecule has 0 unspecified atom stereocenters. The fraction of sp³-hybridized carbons (Fsp3) is 0.462. The van der Waals surface area contributed by atoms with Gasteiger partial charge in [-0.1, -0.05) is 43.5 Å². The number of benzene rings is 2. The molecule has 2 aliphatic rings. The summed E-state index contributed by atoms with van der Waals surface area (Å²) in [7, 11) is 2.04. The van der Waals surface area contributed by atoms with Gasteiger partial charge in [0.1, 0.15) is 5.82 Å². The van der Waals surface area contributed by atoms with Gasteiger partial charge < -0.3 is 0 Å². The van der Waals surface area contributed by atoms with Gasteiger partial charge in [0.15, 0.2) is 0 Å². The second-order valence-electron chi connectivity index (χ2n) is 9.07. The Morgan fingerprint density at radius 3 is 2.58 bits per heavy atom. The predicted molar refractivity (Wildman–Crippen MR) is 123 cm³/mol. The molecular formula is C26H32FN3O. The summed E-state index contributed by atoms with van der Waals surface area (Å²) in [5.41, 5.74) is 5.12. The van der Waals surface area contributed by atoms with Crippen LogP contribution in [0.25, 0.3) is 0 Å². The number of hydrogen-bond donors (Lipinski definition) is 0. The van der Waals surface area contributed by atoms with Gasteiger partial charge >= 0.3 is 0 Å². The molecule has 1 fully saturated rings. The van der Waals surface area contributed by atoms with Gasteiger partial charge in [-0.15, -0.1) is 0 Å². The number of amides is 1. The zero-order chi connectivity index (χ0) is 22.0. The maximum Gasteiger partial charge on any atom is 0.257 e. The van der Waals surface area contributed by atoms with Crippen LogP contribution >= 0.6 is 0 Å². The van der Waals surface area contributed by atoms with Gasteiger partial charge in [0, 0.05) is 12.5 Å². The summed E-state index contributed by atoms with van der Waals surface area (Å²) in [6, 6.07) is 13.0. The van der Waals surface area contributed by atoms with Crippen molar-refractivity contribution in [1.82, 2.24) is 9.91 Å². The van der Waals surface area contributed by atoms with Crippen LogP contribution < -0.4 is 0 Å². The number of carbonyl (C=O) groups excluding carboxylic acids is 1. The van der Waals surface area contributed by atoms with Crippen LogP contribution in [0, 0.1) is 19.7 Å². The molecule has 1 saturated carbocycles. The second kappa shape index (κ2) is 9.31. The van der Waals surface area contributed by atoms with Crippen molar-refractivity contribution in [3.05, 3.63) is 70.5 Å². The van der Waals surface area contributed by atoms with Crippen molar-refractivity contribution in [2.45, 2.75) is 64.5 Å². The minimum absolute atomic E-state index is 0.0267. The monoisotopic (exact) mass is 421 g/mol. The smallest absolute Gasteiger partial charge is 0.257 e. The number of hydrogen-bond acceptors (Lipinski definition) is 3. The zero-order valence-electron chi connectivity index (χ0n) is 18.8. The average molecular weight is 422 g/mol. The van der Waals surface area contributed by atoms with E-state index in [1.807, 2.05) is 13.1 Å². The summed E-state index contributed by atoms with van der Waals surface area (Å²) in [5, 5.41) is 6.36. The van der Waals surface area contributed by atoms with Crippen LogP contribution in [0.1, 0.15) is 66.8 Å². The van der Waals surface area contributed by atoms with Crippen LogP contribution in [0.2, 0.25) is 0 Å². The summed E-state index contributed by atoms with van der Waals surface area (Å²) in [5.74, 6) is -0.315. The number of halogens is 1. The van der Waals surface area contributed by atoms with Crippen molar-refractivity contribution in [1.29, 1.82) is 0 Å². The van der Waals surface area contributed by atoms with Crippen LogP contribution in [0.5, 0.6) is 0 Å². The highest BCUT2D eigenvalue weighted by atomic mass is 19.1. The Kier molecular flexibility index (Phi) is 6.51. The van der Waals surface area contributed by atoms with Crippen LogP contribution in [0.15, 0.2) is 47.6 Å². The summed E-state index contributed by atoms with van der Waals surface area (Å²) < 4.78 is 14.0. The zero-order valence-corrected chi connectivity index (χ0v) is 18.8. The van der Waals surface area contributed by atoms with Crippen molar-refractivity contribution in [3.63, 3.8) is 0 Å². The Labute approximate surface area is 184 Å². The summed E-state index contributed by atoms with van der Waals surface area (Å²) in [4.78, 5) is 15.5. The minimum Gasteiger partial charge on any atom is -0.295 e. The third-order valence-corrected chi connectivity index (χ3v) is 6.82. The molecule has 1 aliphatic heterocycles. The van der Waals surface area contributed by atoms with Gasteiger partial charge in [-0.2, -0.15) is 5.10 Å². The van der Waals surface area contributed by atoms with Gasteiger partial charge in [-0.25, -0.2) is 9.40 Å². The van der Waals surface area contributed by atoms with Gasteiger partial charge in [0.2, 0.25) is 0 Å². The van der Waals surface area contributed by atoms with E-state index in [0.29, 0.717) is 19.0 Å². The molecule has 5 heteroatoms. The molecule has 1 amide bonds. The maximum atomic E-state index is 14.0. The Morgan fingerprint density at radius 2 is 1.87 bits per heavy atom. The molecule has 0 aromatic heterocycles. The largest absolute Gasteiger partial charge is 0.295 e. The van der Waals surface area contributed by atoms with Crippen molar-refractivity contribution >= 4 is 11.6 Å². The first-order valence-electron chi connectivity index (χ1n) is 11.4. The molecule has 0 N–H and O–H groups in total. The van der Waals surface area contributed by atoms with E-state index < -0.39 is 0 Å². The van der Waals surface area contributed by atoms with Crippen molar-refractivity contribution in [2.75, 3.05) is 13.6 Å². The molecule has 164 valence electrons. The summed E-state index contributed by atoms with van der Waals surface area (Å²) in [6.45, 7) is 4.50. The normalized spacial score (nSPS) is 19.7. The molecule has 0 bridgehead atoms. The van der Waals surface area contributed by atoms with E-state index in [9.17, 15) is 9.18 Å². The lowest BCUT2D eigenvalue weighted by atomic mass is 9.94. The SMILES string of the molecule is Cc1ccc(C2=NN(C(=O)CN(C)C3CCCCC3)[C@@H](c3cccc(F)c3)C2)cc1C. The van der Waals surface area contributed by atoms with Gasteiger partial charge in [-0.3, -0.25) is 9.69 Å². The van der Waals surface area contributed by atoms with E-state index in [1.165, 1.54) is 42.5 Å². The molecule has 1 aliphatic carbocycles. The number of carbonyl (C=O) groups is 1. The highest BCUT2D eigenvalue weighted by Crippen LogP contribution is 2.34. The van der Waals surface area contributed by atoms with E-state index >= 15 is 0 Å². The molecule has 4 nitrogen and oxygen atoms in total. The minimum atomic E-state index is -0.288. The van der Waals surface area contributed by atoms with Gasteiger partial charge in [-0.05, 0) is 74.2 Å². The van der Waals surface area contributed by atoms with E-state index in [2.05, 4.69) is 36.9 Å². The molecule has 4 rings (SSSR count). The summed E-state index contributed by atoms with van der Waals surface area (Å²) in [6.07, 6.45) is 6.63. The molecular weight excluding hydrogens is 389 g/mol. The van der Waals surface area contributed by atoms with Crippen molar-refractivity contribution in [3.8, 4) is 0 Å². The fourth-order valence-corrected chi connectivity index (χ4v) is 4.75. The third-order valence-electron chi connectivity index (χ3n) is 6.82. The number of hydrazone groups is 1. The maximum absolute atomic E-state index is 14.0. The van der Waals surface area contributed by atoms with E-state index in [0.717, 1.165) is 29.7 Å². The molecule has 2 aromatic carbocycles. The van der Waals surface area contributed by atoms with Crippen molar-refractivity contribution in [2.24, 2.45) is 5.10 Å². The van der Waals surface area contributed by atoms with E-state index in [4.69, 9.17) is 5.10 Å². The standard InChI is InChI=1S/C26H32FN3O/c1-18-12-13-20(14-19(18)2)24-16-25(21-8-7-9-22(27)15-21)30(28-24)26(31)17-29(3)23-10-5-4-6-11-23/h7-9,12-15,23,25H,4-6,10-11,16-17H2,1-3H3/t25-/m1/s1. The lowest BCUT2D eigenvalue weighted by Crippen LogP contribution is -2.42. The highest BCUT2D eigenvalue weighted by molar-refractivity contribution is 6.03. The summed E-state index contributed by atoms with van der Waals surface area (Å²) >= 11 is 0. The average Bonchev–Trinajstić information content (AvgIpc) is 3.22. The number of rotatable bonds is 5. The van der Waals surface area contributed by atoms with E-state index in [-0.39, 0.29) is 17.8 Å². The highest BCUT2D eigenvalue weighted by Gasteiger charge is 2.34. The van der Waals surface area contributed by atoms with Gasteiger partial charge in [0.05, 0.1) is 18.3 Å². The topological polar surface area (TPSA) is 35.9 Å². The number of nitrogens with zero attached hydrogens (tertiary/aromatic N) is 3. The third kappa shape index (κ3) is 4.87. The molecule has 0 radical (unpaired) electrons. The Bertz CT molecular complexity index is 980. The molecule has 1 heterocycles. The first-order valence-corrected chi connectivity index (χ1v) is 11.4. The molecule has 2 aromatic rings. The number of likely N-dealkylation sites (N-methyl/N-ethyl adjacent to an activating group) is 1. The Morgan fingerprint density at radius 1 is 1.10 bits per heavy atom. The fourth-order valence-electron chi connectivity index (χ4n) is 4.75. The first-order chi connectivity index (χ1) is 14.9. The van der Waals surface area contributed by atoms with Crippen LogP contribution in [0.3, 0.4) is 0 Å². The van der Waals surface area contributed by atoms with Crippen LogP contribution in [-0.2, 0) is 4.79 Å². The lowest BCUT2D eigenvalue weighted by molar-refractivity contribution is -0.134. The molecule has 1 atom stereocenters. The lowest BCUT2D eigenvalue weighted by Gasteiger charge is -2.32. The second-order valence-corrected chi connectivity index (χ2v) is 9.07. The van der Waals surface area contributed by atoms with E-state index in [1.54, 1.807) is 11.1 Å². The Hall–Kier alpha value is -2.53. The quantitative estimate of drug-likeness (QED) is 0.649. The van der Waals surface area contributed by atoms with Crippen LogP contribution in [0.4, 0.5) is 4.39 Å². The molecule has 0 spiro atoms. The molecule has 0 saturated heterocycles. The van der Waals surface area contributed by atoms with Gasteiger partial charge in [0.25, 0.3) is 5.91 Å². The van der Waals surface area contributed by atoms with Crippen LogP contribution in [-0.4, -0.2) is 41.2 Å². The molecule has 31 heavy (non-hydrogen) atoms. The number of aryl methyl sites for hydroxylation is 2. The first kappa shape index (κ1) is 21.7.